The van der Waals surface area contributed by atoms with E-state index in [1.54, 1.807) is 4.52 Å². The average molecular weight is 232 g/mol. The van der Waals surface area contributed by atoms with E-state index in [1.807, 2.05) is 24.4 Å². The van der Waals surface area contributed by atoms with Gasteiger partial charge < -0.3 is 4.90 Å². The van der Waals surface area contributed by atoms with Gasteiger partial charge in [-0.1, -0.05) is 6.07 Å². The fourth-order valence-corrected chi connectivity index (χ4v) is 1.94. The maximum absolute atomic E-state index is 4.41. The molecular formula is C11H16N6. The Bertz CT molecular complexity index is 466. The first-order valence-electron chi connectivity index (χ1n) is 5.83. The van der Waals surface area contributed by atoms with E-state index in [2.05, 4.69) is 32.5 Å². The lowest BCUT2D eigenvalue weighted by molar-refractivity contribution is 0.178. The Morgan fingerprint density at radius 2 is 2.00 bits per heavy atom. The number of rotatable bonds is 2. The first-order valence-corrected chi connectivity index (χ1v) is 5.83. The van der Waals surface area contributed by atoms with Gasteiger partial charge in [0.2, 0.25) is 0 Å². The molecule has 0 radical (unpaired) electrons. The fraction of sp³-hybridized carbons (Fsp3) is 0.455. The molecule has 0 aromatic carbocycles. The summed E-state index contributed by atoms with van der Waals surface area (Å²) in [5.74, 6) is 0.667. The second kappa shape index (κ2) is 4.31. The van der Waals surface area contributed by atoms with Crippen molar-refractivity contribution in [3.05, 3.63) is 24.4 Å². The third-order valence-electron chi connectivity index (χ3n) is 3.00. The van der Waals surface area contributed by atoms with Gasteiger partial charge in [-0.3, -0.25) is 5.43 Å². The van der Waals surface area contributed by atoms with Crippen LogP contribution in [0, 0.1) is 0 Å². The standard InChI is InChI=1S/C11H16N6/c1-15-6-8-16(9-7-15)13-11-12-10-4-2-3-5-17(10)14-11/h2-5H,6-9H2,1H3,(H,13,14). The van der Waals surface area contributed by atoms with Crippen molar-refractivity contribution in [1.29, 1.82) is 0 Å². The van der Waals surface area contributed by atoms with E-state index >= 15 is 0 Å². The van der Waals surface area contributed by atoms with Gasteiger partial charge in [0.15, 0.2) is 5.65 Å². The van der Waals surface area contributed by atoms with Crippen LogP contribution in [-0.4, -0.2) is 57.7 Å². The number of aromatic nitrogens is 3. The lowest BCUT2D eigenvalue weighted by Crippen LogP contribution is -2.47. The zero-order valence-electron chi connectivity index (χ0n) is 9.87. The zero-order valence-corrected chi connectivity index (χ0v) is 9.87. The Balaban J connectivity index is 1.72. The molecule has 3 heterocycles. The highest BCUT2D eigenvalue weighted by Crippen LogP contribution is 2.07. The Kier molecular flexibility index (Phi) is 2.66. The maximum Gasteiger partial charge on any atom is 0.257 e. The smallest absolute Gasteiger partial charge is 0.257 e. The normalized spacial score (nSPS) is 18.6. The quantitative estimate of drug-likeness (QED) is 0.807. The lowest BCUT2D eigenvalue weighted by atomic mass is 10.4. The molecule has 0 aliphatic carbocycles. The van der Waals surface area contributed by atoms with Gasteiger partial charge in [-0.15, -0.1) is 5.10 Å². The summed E-state index contributed by atoms with van der Waals surface area (Å²) in [7, 11) is 2.14. The van der Waals surface area contributed by atoms with Crippen molar-refractivity contribution in [3.8, 4) is 0 Å². The molecule has 0 amide bonds. The van der Waals surface area contributed by atoms with Gasteiger partial charge in [-0.2, -0.15) is 4.98 Å². The Morgan fingerprint density at radius 3 is 2.76 bits per heavy atom. The third kappa shape index (κ3) is 2.22. The number of hydrogen-bond acceptors (Lipinski definition) is 5. The molecule has 3 rings (SSSR count). The predicted octanol–water partition coefficient (Wildman–Crippen LogP) is 0.304. The van der Waals surface area contributed by atoms with Gasteiger partial charge in [-0.05, 0) is 19.2 Å². The average Bonchev–Trinajstić information content (AvgIpc) is 2.74. The van der Waals surface area contributed by atoms with E-state index in [9.17, 15) is 0 Å². The summed E-state index contributed by atoms with van der Waals surface area (Å²) in [5, 5.41) is 6.53. The summed E-state index contributed by atoms with van der Waals surface area (Å²) in [5.41, 5.74) is 4.12. The number of likely N-dealkylation sites (N-methyl/N-ethyl adjacent to an activating group) is 1. The molecule has 0 spiro atoms. The minimum absolute atomic E-state index is 0.667. The predicted molar refractivity (Wildman–Crippen MR) is 65.7 cm³/mol. The molecule has 1 aliphatic heterocycles. The monoisotopic (exact) mass is 232 g/mol. The Labute approximate surface area is 99.8 Å². The SMILES string of the molecule is CN1CCN(Nc2nc3ccccn3n2)CC1. The molecule has 0 bridgehead atoms. The first kappa shape index (κ1) is 10.5. The molecular weight excluding hydrogens is 216 g/mol. The third-order valence-corrected chi connectivity index (χ3v) is 3.00. The van der Waals surface area contributed by atoms with Crippen LogP contribution < -0.4 is 5.43 Å². The van der Waals surface area contributed by atoms with E-state index < -0.39 is 0 Å². The second-order valence-corrected chi connectivity index (χ2v) is 4.34. The van der Waals surface area contributed by atoms with Gasteiger partial charge in [0.1, 0.15) is 0 Å². The second-order valence-electron chi connectivity index (χ2n) is 4.34. The molecule has 6 nitrogen and oxygen atoms in total. The largest absolute Gasteiger partial charge is 0.304 e. The van der Waals surface area contributed by atoms with E-state index in [0.717, 1.165) is 31.8 Å². The van der Waals surface area contributed by atoms with E-state index in [0.29, 0.717) is 5.95 Å². The number of pyridine rings is 1. The Morgan fingerprint density at radius 1 is 1.18 bits per heavy atom. The molecule has 0 saturated carbocycles. The molecule has 90 valence electrons. The summed E-state index contributed by atoms with van der Waals surface area (Å²) >= 11 is 0. The zero-order chi connectivity index (χ0) is 11.7. The Hall–Kier alpha value is -1.66. The number of nitrogens with one attached hydrogen (secondary N) is 1. The number of fused-ring (bicyclic) bond motifs is 1. The van der Waals surface area contributed by atoms with Crippen LogP contribution in [0.15, 0.2) is 24.4 Å². The number of hydrogen-bond donors (Lipinski definition) is 1. The lowest BCUT2D eigenvalue weighted by Gasteiger charge is -2.31. The number of anilines is 1. The summed E-state index contributed by atoms with van der Waals surface area (Å²) in [6, 6.07) is 5.85. The molecule has 0 unspecified atom stereocenters. The highest BCUT2D eigenvalue weighted by Gasteiger charge is 2.14. The number of piperazine rings is 1. The minimum Gasteiger partial charge on any atom is -0.304 e. The highest BCUT2D eigenvalue weighted by atomic mass is 15.6. The summed E-state index contributed by atoms with van der Waals surface area (Å²) in [6.45, 7) is 4.12. The molecule has 1 saturated heterocycles. The number of hydrazine groups is 1. The van der Waals surface area contributed by atoms with Gasteiger partial charge >= 0.3 is 0 Å². The van der Waals surface area contributed by atoms with Crippen LogP contribution in [0.5, 0.6) is 0 Å². The molecule has 2 aromatic heterocycles. The summed E-state index contributed by atoms with van der Waals surface area (Å²) < 4.78 is 1.78. The molecule has 1 N–H and O–H groups in total. The van der Waals surface area contributed by atoms with Gasteiger partial charge in [-0.25, -0.2) is 9.52 Å². The van der Waals surface area contributed by atoms with E-state index in [-0.39, 0.29) is 0 Å². The van der Waals surface area contributed by atoms with E-state index in [4.69, 9.17) is 0 Å². The molecule has 1 fully saturated rings. The van der Waals surface area contributed by atoms with Crippen LogP contribution in [0.1, 0.15) is 0 Å². The van der Waals surface area contributed by atoms with Crippen molar-refractivity contribution in [2.24, 2.45) is 0 Å². The molecule has 1 aliphatic rings. The van der Waals surface area contributed by atoms with Crippen molar-refractivity contribution in [2.75, 3.05) is 38.7 Å². The van der Waals surface area contributed by atoms with Crippen LogP contribution in [0.3, 0.4) is 0 Å². The summed E-state index contributed by atoms with van der Waals surface area (Å²) in [4.78, 5) is 6.73. The number of nitrogens with zero attached hydrogens (tertiary/aromatic N) is 5. The van der Waals surface area contributed by atoms with Gasteiger partial charge in [0.05, 0.1) is 0 Å². The van der Waals surface area contributed by atoms with Crippen molar-refractivity contribution < 1.29 is 0 Å². The van der Waals surface area contributed by atoms with E-state index in [1.165, 1.54) is 0 Å². The van der Waals surface area contributed by atoms with Crippen LogP contribution in [-0.2, 0) is 0 Å². The topological polar surface area (TPSA) is 48.7 Å². The minimum atomic E-state index is 0.667. The fourth-order valence-electron chi connectivity index (χ4n) is 1.94. The molecule has 17 heavy (non-hydrogen) atoms. The van der Waals surface area contributed by atoms with Crippen molar-refractivity contribution in [3.63, 3.8) is 0 Å². The molecule has 0 atom stereocenters. The first-order chi connectivity index (χ1) is 8.31. The van der Waals surface area contributed by atoms with Crippen molar-refractivity contribution in [1.82, 2.24) is 24.5 Å². The van der Waals surface area contributed by atoms with Crippen LogP contribution in [0.4, 0.5) is 5.95 Å². The van der Waals surface area contributed by atoms with Crippen molar-refractivity contribution >= 4 is 11.6 Å². The maximum atomic E-state index is 4.41. The highest BCUT2D eigenvalue weighted by molar-refractivity contribution is 5.42. The van der Waals surface area contributed by atoms with Crippen LogP contribution in [0.25, 0.3) is 5.65 Å². The van der Waals surface area contributed by atoms with Crippen LogP contribution >= 0.6 is 0 Å². The van der Waals surface area contributed by atoms with Gasteiger partial charge in [0, 0.05) is 32.4 Å². The molecule has 6 heteroatoms. The molecule has 2 aromatic rings. The van der Waals surface area contributed by atoms with Crippen LogP contribution in [0.2, 0.25) is 0 Å². The van der Waals surface area contributed by atoms with Crippen molar-refractivity contribution in [2.45, 2.75) is 0 Å². The van der Waals surface area contributed by atoms with Gasteiger partial charge in [0.25, 0.3) is 5.95 Å². The summed E-state index contributed by atoms with van der Waals surface area (Å²) in [6.07, 6.45) is 1.90.